The minimum Gasteiger partial charge on any atom is -1.00 e. The molecule has 0 aliphatic rings. The highest BCUT2D eigenvalue weighted by Crippen LogP contribution is 2.39. The van der Waals surface area contributed by atoms with Crippen LogP contribution in [0.1, 0.15) is 19.5 Å². The normalized spacial score (nSPS) is 10.9. The summed E-state index contributed by atoms with van der Waals surface area (Å²) in [4.78, 5) is 38.0. The van der Waals surface area contributed by atoms with E-state index in [1.54, 1.807) is 12.1 Å². The molecule has 0 aliphatic heterocycles. The average Bonchev–Trinajstić information content (AvgIpc) is 2.90. The molecule has 0 saturated carbocycles. The quantitative estimate of drug-likeness (QED) is 0.246. The van der Waals surface area contributed by atoms with E-state index in [4.69, 9.17) is 28.4 Å². The van der Waals surface area contributed by atoms with E-state index in [9.17, 15) is 14.4 Å². The number of hydrogen-bond donors (Lipinski definition) is 1. The van der Waals surface area contributed by atoms with Crippen LogP contribution in [0.4, 0.5) is 15.3 Å². The number of rotatable bonds is 12. The number of ether oxygens (including phenoxy) is 6. The number of benzene rings is 1. The van der Waals surface area contributed by atoms with Crippen molar-refractivity contribution in [3.05, 3.63) is 42.2 Å². The molecule has 210 valence electrons. The number of pyridine rings is 1. The molecule has 0 radical (unpaired) electrons. The summed E-state index contributed by atoms with van der Waals surface area (Å²) in [6, 6.07) is 8.61. The van der Waals surface area contributed by atoms with Crippen LogP contribution in [0.5, 0.6) is 17.2 Å². The van der Waals surface area contributed by atoms with E-state index in [-0.39, 0.29) is 43.7 Å². The zero-order valence-corrected chi connectivity index (χ0v) is 24.5. The fourth-order valence-corrected chi connectivity index (χ4v) is 3.33. The van der Waals surface area contributed by atoms with E-state index in [0.717, 1.165) is 10.6 Å². The van der Waals surface area contributed by atoms with Crippen LogP contribution >= 0.6 is 0 Å². The minimum absolute atomic E-state index is 0. The number of anilines is 1. The second kappa shape index (κ2) is 16.5. The van der Waals surface area contributed by atoms with E-state index in [2.05, 4.69) is 5.32 Å². The predicted octanol–water partition coefficient (Wildman–Crippen LogP) is -0.227. The van der Waals surface area contributed by atoms with Gasteiger partial charge in [0, 0.05) is 38.3 Å². The summed E-state index contributed by atoms with van der Waals surface area (Å²) < 4.78 is 33.4. The number of aryl methyl sites for hydroxylation is 1. The second-order valence-corrected chi connectivity index (χ2v) is 7.66. The lowest BCUT2D eigenvalue weighted by Crippen LogP contribution is -3.00. The van der Waals surface area contributed by atoms with Crippen molar-refractivity contribution in [1.82, 2.24) is 4.90 Å². The summed E-state index contributed by atoms with van der Waals surface area (Å²) in [5.74, 6) is 0.621. The topological polar surface area (TPSA) is 126 Å². The first-order valence-electron chi connectivity index (χ1n) is 11.5. The lowest BCUT2D eigenvalue weighted by Gasteiger charge is -2.20. The molecule has 0 bridgehead atoms. The Hall–Kier alpha value is -3.33. The van der Waals surface area contributed by atoms with Gasteiger partial charge >= 0.3 is 12.2 Å². The third-order valence-electron chi connectivity index (χ3n) is 5.33. The Morgan fingerprint density at radius 1 is 0.974 bits per heavy atom. The molecule has 0 saturated heterocycles. The third kappa shape index (κ3) is 9.20. The summed E-state index contributed by atoms with van der Waals surface area (Å²) in [5, 5.41) is 2.56. The fourth-order valence-electron chi connectivity index (χ4n) is 3.33. The number of halogens is 1. The van der Waals surface area contributed by atoms with Gasteiger partial charge in [-0.15, -0.1) is 0 Å². The molecule has 13 heteroatoms. The fraction of sp³-hybridized carbons (Fsp3) is 0.440. The van der Waals surface area contributed by atoms with Gasteiger partial charge in [0.15, 0.2) is 17.7 Å². The molecule has 38 heavy (non-hydrogen) atoms. The molecule has 0 spiro atoms. The summed E-state index contributed by atoms with van der Waals surface area (Å²) in [6.07, 6.45) is -0.509. The highest BCUT2D eigenvalue weighted by atomic mass is 127. The summed E-state index contributed by atoms with van der Waals surface area (Å²) in [7, 11) is 5.77. The van der Waals surface area contributed by atoms with Gasteiger partial charge in [0.1, 0.15) is 32.4 Å². The standard InChI is InChI=1S/C25H33N3O9.HI/c1-7-27-11-9-8-10-19(27)14-28(17(2)29)25(31)37-16-20(32-3)15-36-24(30)26-18-12-21(33-4)23(35-6)22(13-18)34-5;/h8-13,20H,7,14-16H2,1-6H3;1H. The van der Waals surface area contributed by atoms with Crippen molar-refractivity contribution in [1.29, 1.82) is 0 Å². The molecular formula is C25H34IN3O9. The first-order valence-corrected chi connectivity index (χ1v) is 11.5. The van der Waals surface area contributed by atoms with Gasteiger partial charge in [-0.05, 0) is 6.92 Å². The van der Waals surface area contributed by atoms with Crippen LogP contribution in [0.25, 0.3) is 0 Å². The maximum atomic E-state index is 12.6. The van der Waals surface area contributed by atoms with Gasteiger partial charge in [-0.25, -0.2) is 19.1 Å². The van der Waals surface area contributed by atoms with Crippen molar-refractivity contribution < 1.29 is 71.3 Å². The van der Waals surface area contributed by atoms with Gasteiger partial charge in [0.2, 0.25) is 17.4 Å². The second-order valence-electron chi connectivity index (χ2n) is 7.66. The Morgan fingerprint density at radius 2 is 1.61 bits per heavy atom. The Bertz CT molecular complexity index is 1060. The Morgan fingerprint density at radius 3 is 2.13 bits per heavy atom. The smallest absolute Gasteiger partial charge is 0.417 e. The first-order chi connectivity index (χ1) is 17.8. The van der Waals surface area contributed by atoms with E-state index in [1.807, 2.05) is 35.9 Å². The van der Waals surface area contributed by atoms with Gasteiger partial charge in [0.05, 0.1) is 27.0 Å². The van der Waals surface area contributed by atoms with Crippen LogP contribution < -0.4 is 48.1 Å². The number of nitrogens with zero attached hydrogens (tertiary/aromatic N) is 2. The van der Waals surface area contributed by atoms with Gasteiger partial charge in [-0.2, -0.15) is 0 Å². The molecule has 1 heterocycles. The predicted molar refractivity (Wildman–Crippen MR) is 132 cm³/mol. The number of nitrogens with one attached hydrogen (secondary N) is 1. The van der Waals surface area contributed by atoms with Crippen LogP contribution in [-0.2, 0) is 32.1 Å². The van der Waals surface area contributed by atoms with Crippen molar-refractivity contribution in [2.45, 2.75) is 33.0 Å². The van der Waals surface area contributed by atoms with Crippen LogP contribution in [-0.4, -0.2) is 70.8 Å². The number of aromatic nitrogens is 1. The number of carbonyl (C=O) groups is 3. The molecule has 2 aromatic rings. The Balaban J connectivity index is 0.00000722. The molecule has 12 nitrogen and oxygen atoms in total. The Labute approximate surface area is 239 Å². The van der Waals surface area contributed by atoms with E-state index < -0.39 is 24.2 Å². The molecule has 1 atom stereocenters. The molecule has 1 N–H and O–H groups in total. The van der Waals surface area contributed by atoms with Crippen molar-refractivity contribution in [2.75, 3.05) is 47.0 Å². The average molecular weight is 647 g/mol. The largest absolute Gasteiger partial charge is 1.00 e. The van der Waals surface area contributed by atoms with Gasteiger partial charge < -0.3 is 52.4 Å². The first kappa shape index (κ1) is 32.7. The van der Waals surface area contributed by atoms with E-state index in [1.165, 1.54) is 35.4 Å². The van der Waals surface area contributed by atoms with Crippen LogP contribution in [0, 0.1) is 0 Å². The van der Waals surface area contributed by atoms with E-state index in [0.29, 0.717) is 29.5 Å². The summed E-state index contributed by atoms with van der Waals surface area (Å²) >= 11 is 0. The molecule has 1 aromatic heterocycles. The molecular weight excluding hydrogens is 613 g/mol. The molecule has 0 fully saturated rings. The number of amides is 3. The van der Waals surface area contributed by atoms with Crippen LogP contribution in [0.15, 0.2) is 36.5 Å². The number of imide groups is 1. The lowest BCUT2D eigenvalue weighted by molar-refractivity contribution is -0.701. The number of hydrogen-bond acceptors (Lipinski definition) is 9. The molecule has 1 unspecified atom stereocenters. The van der Waals surface area contributed by atoms with Crippen molar-refractivity contribution >= 4 is 23.8 Å². The summed E-state index contributed by atoms with van der Waals surface area (Å²) in [5.41, 5.74) is 1.12. The van der Waals surface area contributed by atoms with Gasteiger partial charge in [-0.1, -0.05) is 6.07 Å². The molecule has 0 aliphatic carbocycles. The van der Waals surface area contributed by atoms with Crippen LogP contribution in [0.3, 0.4) is 0 Å². The highest BCUT2D eigenvalue weighted by molar-refractivity contribution is 5.90. The van der Waals surface area contributed by atoms with Gasteiger partial charge in [-0.3, -0.25) is 10.1 Å². The number of carbonyl (C=O) groups excluding carboxylic acids is 3. The minimum atomic E-state index is -0.831. The SMILES string of the molecule is CC[n+]1ccccc1CN(C(C)=O)C(=O)OCC(COC(=O)Nc1cc(OC)c(OC)c(OC)c1)OC.[I-]. The Kier molecular flexibility index (Phi) is 14.2. The molecule has 1 aromatic carbocycles. The third-order valence-corrected chi connectivity index (χ3v) is 5.33. The lowest BCUT2D eigenvalue weighted by atomic mass is 10.2. The zero-order chi connectivity index (χ0) is 27.4. The van der Waals surface area contributed by atoms with Crippen molar-refractivity contribution in [2.24, 2.45) is 0 Å². The van der Waals surface area contributed by atoms with Gasteiger partial charge in [0.25, 0.3) is 0 Å². The zero-order valence-electron chi connectivity index (χ0n) is 22.3. The highest BCUT2D eigenvalue weighted by Gasteiger charge is 2.25. The molecule has 2 rings (SSSR count). The monoisotopic (exact) mass is 647 g/mol. The van der Waals surface area contributed by atoms with Crippen molar-refractivity contribution in [3.8, 4) is 17.2 Å². The van der Waals surface area contributed by atoms with Crippen LogP contribution in [0.2, 0.25) is 0 Å². The maximum Gasteiger partial charge on any atom is 0.417 e. The summed E-state index contributed by atoms with van der Waals surface area (Å²) in [6.45, 7) is 3.52. The maximum absolute atomic E-state index is 12.6. The molecule has 3 amide bonds. The van der Waals surface area contributed by atoms with Crippen molar-refractivity contribution in [3.63, 3.8) is 0 Å². The number of methoxy groups -OCH3 is 4. The van der Waals surface area contributed by atoms with E-state index >= 15 is 0 Å².